The molecule has 2 aliphatic rings. The lowest BCUT2D eigenvalue weighted by Crippen LogP contribution is -2.43. The Bertz CT molecular complexity index is 2370. The third kappa shape index (κ3) is 9.62. The molecule has 0 aliphatic carbocycles. The number of hydrogen-bond acceptors (Lipinski definition) is 17. The number of ether oxygens (including phenoxy) is 6. The molecule has 4 heterocycles. The number of nitrogens with two attached hydrogens (primary N) is 1. The van der Waals surface area contributed by atoms with Crippen LogP contribution >= 0.6 is 8.53 Å². The van der Waals surface area contributed by atoms with E-state index in [-0.39, 0.29) is 28.0 Å². The van der Waals surface area contributed by atoms with E-state index in [0.717, 1.165) is 11.1 Å². The van der Waals surface area contributed by atoms with Crippen molar-refractivity contribution in [1.82, 2.24) is 19.5 Å². The molecule has 0 spiro atoms. The molecule has 7 atom stereocenters. The molecule has 2 fully saturated rings. The van der Waals surface area contributed by atoms with E-state index in [4.69, 9.17) is 38.4 Å². The molecular weight excluding hydrogens is 809 g/mol. The SMILES string of the molecule is COC1CCOC(O[C@@H]2[C@H](OP(N)O)[C@@H](COC(=O)OCCS(=O)(=O)c3cccc4c(N(C)C)cccc34)O[C@H]2n2cnc3c(NC(=O)c4ccccc4)ncnc32)C1. The molecule has 2 aliphatic heterocycles. The summed E-state index contributed by atoms with van der Waals surface area (Å²) in [7, 11) is -1.07. The standard InChI is InChI=1S/C38H44N7O12PS/c1-44(2)27-13-7-12-26-25(27)11-8-14-29(26)59(49,50)18-17-53-38(47)54-20-28-32(57-58(39)48)33(56-30-19-24(51-3)15-16-52-30)37(55-28)45-22-42-31-34(40-21-41-35(31)45)43-36(46)23-9-5-4-6-10-23/h4-14,21-22,24,28,30,32-33,37,48H,15-20,39H2,1-3H3,(H,40,41,43,46)/t24?,28-,30?,32-,33-,37-,58?/m1/s1. The number of nitrogens with one attached hydrogen (secondary N) is 1. The quantitative estimate of drug-likeness (QED) is 0.0999. The van der Waals surface area contributed by atoms with Crippen molar-refractivity contribution >= 4 is 63.9 Å². The van der Waals surface area contributed by atoms with E-state index < -0.39 is 80.2 Å². The zero-order valence-electron chi connectivity index (χ0n) is 32.3. The molecule has 59 heavy (non-hydrogen) atoms. The lowest BCUT2D eigenvalue weighted by atomic mass is 10.1. The Labute approximate surface area is 340 Å². The number of sulfone groups is 1. The van der Waals surface area contributed by atoms with Gasteiger partial charge in [-0.15, -0.1) is 0 Å². The average Bonchev–Trinajstić information content (AvgIpc) is 3.80. The summed E-state index contributed by atoms with van der Waals surface area (Å²) in [6.45, 7) is -0.647. The normalized spacial score (nSPS) is 22.6. The first-order valence-electron chi connectivity index (χ1n) is 18.5. The summed E-state index contributed by atoms with van der Waals surface area (Å²) in [5.41, 5.74) is 7.50. The van der Waals surface area contributed by atoms with Crippen molar-refractivity contribution in [2.45, 2.75) is 54.7 Å². The molecule has 3 aromatic carbocycles. The van der Waals surface area contributed by atoms with Gasteiger partial charge in [0.1, 0.15) is 37.9 Å². The highest BCUT2D eigenvalue weighted by Crippen LogP contribution is 2.41. The fourth-order valence-corrected chi connectivity index (χ4v) is 8.87. The maximum Gasteiger partial charge on any atom is 0.508 e. The predicted molar refractivity (Wildman–Crippen MR) is 214 cm³/mol. The molecular formula is C38H44N7O12PS. The molecule has 1 amide bonds. The maximum atomic E-state index is 13.5. The fourth-order valence-electron chi connectivity index (χ4n) is 7.04. The van der Waals surface area contributed by atoms with Gasteiger partial charge in [0.2, 0.25) is 0 Å². The van der Waals surface area contributed by atoms with Crippen LogP contribution < -0.4 is 15.7 Å². The Balaban J connectivity index is 1.08. The number of amides is 1. The van der Waals surface area contributed by atoms with Crippen LogP contribution in [0, 0.1) is 0 Å². The van der Waals surface area contributed by atoms with Gasteiger partial charge in [0.05, 0.1) is 29.7 Å². The lowest BCUT2D eigenvalue weighted by molar-refractivity contribution is -0.230. The number of methoxy groups -OCH3 is 1. The minimum Gasteiger partial charge on any atom is -0.433 e. The summed E-state index contributed by atoms with van der Waals surface area (Å²) >= 11 is 0. The van der Waals surface area contributed by atoms with Gasteiger partial charge in [-0.3, -0.25) is 14.9 Å². The molecule has 5 aromatic rings. The molecule has 2 aromatic heterocycles. The summed E-state index contributed by atoms with van der Waals surface area (Å²) in [6.07, 6.45) is -2.92. The summed E-state index contributed by atoms with van der Waals surface area (Å²) in [5, 5.41) is 4.07. The zero-order valence-corrected chi connectivity index (χ0v) is 34.0. The van der Waals surface area contributed by atoms with Gasteiger partial charge in [0.25, 0.3) is 14.4 Å². The van der Waals surface area contributed by atoms with Crippen molar-refractivity contribution in [2.24, 2.45) is 5.50 Å². The molecule has 21 heteroatoms. The lowest BCUT2D eigenvalue weighted by Gasteiger charge is -2.33. The fraction of sp³-hybridized carbons (Fsp3) is 0.395. The van der Waals surface area contributed by atoms with Crippen LogP contribution in [0.4, 0.5) is 16.3 Å². The van der Waals surface area contributed by atoms with Crippen molar-refractivity contribution in [3.8, 4) is 0 Å². The van der Waals surface area contributed by atoms with E-state index >= 15 is 0 Å². The average molecular weight is 854 g/mol. The number of nitrogens with zero attached hydrogens (tertiary/aromatic N) is 5. The summed E-state index contributed by atoms with van der Waals surface area (Å²) in [6, 6.07) is 19.0. The molecule has 314 valence electrons. The van der Waals surface area contributed by atoms with Gasteiger partial charge in [-0.25, -0.2) is 28.2 Å². The maximum absolute atomic E-state index is 13.5. The Morgan fingerprint density at radius 1 is 1.02 bits per heavy atom. The first kappa shape index (κ1) is 42.2. The smallest absolute Gasteiger partial charge is 0.433 e. The van der Waals surface area contributed by atoms with E-state index in [1.54, 1.807) is 55.6 Å². The van der Waals surface area contributed by atoms with E-state index in [9.17, 15) is 22.9 Å². The van der Waals surface area contributed by atoms with Crippen LogP contribution in [0.3, 0.4) is 0 Å². The highest BCUT2D eigenvalue weighted by Gasteiger charge is 2.51. The second-order valence-electron chi connectivity index (χ2n) is 13.8. The molecule has 0 radical (unpaired) electrons. The first-order chi connectivity index (χ1) is 28.4. The number of rotatable bonds is 15. The van der Waals surface area contributed by atoms with E-state index in [1.807, 2.05) is 31.1 Å². The van der Waals surface area contributed by atoms with Crippen LogP contribution in [-0.2, 0) is 42.8 Å². The Morgan fingerprint density at radius 3 is 2.56 bits per heavy atom. The van der Waals surface area contributed by atoms with Crippen molar-refractivity contribution < 1.29 is 55.8 Å². The number of anilines is 2. The van der Waals surface area contributed by atoms with Gasteiger partial charge < -0.3 is 48.1 Å². The number of fused-ring (bicyclic) bond motifs is 2. The highest BCUT2D eigenvalue weighted by atomic mass is 32.2. The van der Waals surface area contributed by atoms with Crippen molar-refractivity contribution in [3.63, 3.8) is 0 Å². The molecule has 2 saturated heterocycles. The minimum absolute atomic E-state index is 0.108. The number of hydrogen-bond donors (Lipinski definition) is 3. The largest absolute Gasteiger partial charge is 0.508 e. The van der Waals surface area contributed by atoms with Crippen molar-refractivity contribution in [3.05, 3.63) is 84.9 Å². The Kier molecular flexibility index (Phi) is 13.3. The third-order valence-corrected chi connectivity index (χ3v) is 12.1. The predicted octanol–water partition coefficient (Wildman–Crippen LogP) is 3.92. The van der Waals surface area contributed by atoms with Crippen molar-refractivity contribution in [2.75, 3.05) is 57.0 Å². The van der Waals surface area contributed by atoms with E-state index in [0.29, 0.717) is 30.4 Å². The van der Waals surface area contributed by atoms with Crippen LogP contribution in [0.1, 0.15) is 29.4 Å². The first-order valence-corrected chi connectivity index (χ1v) is 21.5. The zero-order chi connectivity index (χ0) is 41.7. The number of aromatic nitrogens is 4. The van der Waals surface area contributed by atoms with Gasteiger partial charge in [-0.2, -0.15) is 0 Å². The number of benzene rings is 3. The van der Waals surface area contributed by atoms with Gasteiger partial charge >= 0.3 is 6.16 Å². The van der Waals surface area contributed by atoms with E-state index in [2.05, 4.69) is 20.3 Å². The molecule has 4 N–H and O–H groups in total. The Hall–Kier alpha value is -4.89. The van der Waals surface area contributed by atoms with Gasteiger partial charge in [-0.05, 0) is 30.7 Å². The number of imidazole rings is 1. The van der Waals surface area contributed by atoms with Crippen molar-refractivity contribution in [1.29, 1.82) is 0 Å². The van der Waals surface area contributed by atoms with Gasteiger partial charge in [0, 0.05) is 49.6 Å². The van der Waals surface area contributed by atoms with Gasteiger partial charge in [0.15, 0.2) is 39.3 Å². The topological polar surface area (TPSA) is 238 Å². The summed E-state index contributed by atoms with van der Waals surface area (Å²) in [5.74, 6) is -0.789. The Morgan fingerprint density at radius 2 is 1.80 bits per heavy atom. The summed E-state index contributed by atoms with van der Waals surface area (Å²) in [4.78, 5) is 51.3. The van der Waals surface area contributed by atoms with Crippen LogP contribution in [0.2, 0.25) is 0 Å². The monoisotopic (exact) mass is 853 g/mol. The molecule has 19 nitrogen and oxygen atoms in total. The molecule has 0 bridgehead atoms. The second kappa shape index (κ2) is 18.6. The highest BCUT2D eigenvalue weighted by molar-refractivity contribution is 7.91. The molecule has 3 unspecified atom stereocenters. The van der Waals surface area contributed by atoms with Crippen LogP contribution in [0.5, 0.6) is 0 Å². The van der Waals surface area contributed by atoms with Crippen LogP contribution in [-0.4, -0.2) is 122 Å². The number of carbonyl (C=O) groups excluding carboxylic acids is 2. The molecule has 0 saturated carbocycles. The minimum atomic E-state index is -3.89. The van der Waals surface area contributed by atoms with Gasteiger partial charge in [-0.1, -0.05) is 42.5 Å². The summed E-state index contributed by atoms with van der Waals surface area (Å²) < 4.78 is 69.2. The third-order valence-electron chi connectivity index (χ3n) is 9.87. The van der Waals surface area contributed by atoms with Crippen LogP contribution in [0.25, 0.3) is 21.9 Å². The van der Waals surface area contributed by atoms with E-state index in [1.165, 1.54) is 23.3 Å². The second-order valence-corrected chi connectivity index (χ2v) is 16.7. The number of carbonyl (C=O) groups is 2. The molecule has 7 rings (SSSR count). The van der Waals surface area contributed by atoms with Crippen LogP contribution in [0.15, 0.2) is 84.3 Å².